The van der Waals surface area contributed by atoms with Crippen LogP contribution in [-0.2, 0) is 17.9 Å². The van der Waals surface area contributed by atoms with Gasteiger partial charge in [0.25, 0.3) is 0 Å². The van der Waals surface area contributed by atoms with Gasteiger partial charge in [-0.25, -0.2) is 0 Å². The van der Waals surface area contributed by atoms with E-state index in [-0.39, 0.29) is 5.91 Å². The van der Waals surface area contributed by atoms with Crippen molar-refractivity contribution in [2.45, 2.75) is 39.8 Å². The summed E-state index contributed by atoms with van der Waals surface area (Å²) in [5, 5.41) is 10.8. The Morgan fingerprint density at radius 3 is 2.71 bits per heavy atom. The first kappa shape index (κ1) is 16.7. The lowest BCUT2D eigenvalue weighted by molar-refractivity contribution is -0.120. The molecule has 0 radical (unpaired) electrons. The van der Waals surface area contributed by atoms with Crippen LogP contribution in [0.3, 0.4) is 0 Å². The zero-order valence-electron chi connectivity index (χ0n) is 14.5. The zero-order valence-corrected chi connectivity index (χ0v) is 14.5. The van der Waals surface area contributed by atoms with Crippen molar-refractivity contribution in [3.05, 3.63) is 52.8 Å². The maximum atomic E-state index is 11.9. The molecule has 1 aromatic heterocycles. The summed E-state index contributed by atoms with van der Waals surface area (Å²) in [6, 6.07) is 10.3. The molecule has 1 aliphatic rings. The third-order valence-corrected chi connectivity index (χ3v) is 4.58. The summed E-state index contributed by atoms with van der Waals surface area (Å²) in [5.74, 6) is 0.837. The maximum absolute atomic E-state index is 11.9. The number of hydrogen-bond donors (Lipinski definition) is 2. The van der Waals surface area contributed by atoms with Crippen molar-refractivity contribution in [3.63, 3.8) is 0 Å². The molecule has 1 aromatic carbocycles. The van der Waals surface area contributed by atoms with Crippen molar-refractivity contribution in [2.24, 2.45) is 5.92 Å². The molecule has 5 heteroatoms. The van der Waals surface area contributed by atoms with Crippen molar-refractivity contribution >= 4 is 5.91 Å². The van der Waals surface area contributed by atoms with E-state index in [2.05, 4.69) is 34.8 Å². The van der Waals surface area contributed by atoms with Crippen molar-refractivity contribution in [3.8, 4) is 0 Å². The first-order valence-electron chi connectivity index (χ1n) is 8.67. The summed E-state index contributed by atoms with van der Waals surface area (Å²) in [4.78, 5) is 11.9. The molecule has 0 aliphatic heterocycles. The molecular formula is C19H26N4O. The molecule has 1 fully saturated rings. The van der Waals surface area contributed by atoms with Crippen LogP contribution in [0.4, 0.5) is 0 Å². The maximum Gasteiger partial charge on any atom is 0.234 e. The van der Waals surface area contributed by atoms with Gasteiger partial charge < -0.3 is 10.6 Å². The number of hydrogen-bond acceptors (Lipinski definition) is 3. The van der Waals surface area contributed by atoms with Crippen LogP contribution in [0, 0.1) is 19.8 Å². The number of carbonyl (C=O) groups is 1. The second kappa shape index (κ2) is 7.62. The third kappa shape index (κ3) is 4.45. The van der Waals surface area contributed by atoms with Crippen LogP contribution >= 0.6 is 0 Å². The molecule has 2 aromatic rings. The molecule has 3 rings (SSSR count). The molecule has 24 heavy (non-hydrogen) atoms. The standard InChI is InChI=1S/C19H26N4O/c1-14-18(11-21-19(24)12-20-10-16-8-9-16)15(2)23(22-14)13-17-6-4-3-5-7-17/h3-7,16,20H,8-13H2,1-2H3,(H,21,24). The van der Waals surface area contributed by atoms with Crippen LogP contribution in [0.2, 0.25) is 0 Å². The average Bonchev–Trinajstić information content (AvgIpc) is 3.35. The lowest BCUT2D eigenvalue weighted by Crippen LogP contribution is -2.34. The zero-order chi connectivity index (χ0) is 16.9. The number of amides is 1. The van der Waals surface area contributed by atoms with Gasteiger partial charge >= 0.3 is 0 Å². The van der Waals surface area contributed by atoms with E-state index in [9.17, 15) is 4.79 Å². The highest BCUT2D eigenvalue weighted by Crippen LogP contribution is 2.27. The summed E-state index contributed by atoms with van der Waals surface area (Å²) in [6.07, 6.45) is 2.60. The quantitative estimate of drug-likeness (QED) is 0.781. The Balaban J connectivity index is 1.54. The van der Waals surface area contributed by atoms with Gasteiger partial charge in [-0.05, 0) is 44.7 Å². The minimum Gasteiger partial charge on any atom is -0.351 e. The Kier molecular flexibility index (Phi) is 5.30. The molecular weight excluding hydrogens is 300 g/mol. The van der Waals surface area contributed by atoms with Gasteiger partial charge in [-0.15, -0.1) is 0 Å². The average molecular weight is 326 g/mol. The molecule has 1 aliphatic carbocycles. The van der Waals surface area contributed by atoms with Crippen molar-refractivity contribution in [1.82, 2.24) is 20.4 Å². The number of rotatable bonds is 8. The van der Waals surface area contributed by atoms with E-state index in [1.54, 1.807) is 0 Å². The molecule has 0 atom stereocenters. The van der Waals surface area contributed by atoms with Crippen molar-refractivity contribution in [2.75, 3.05) is 13.1 Å². The van der Waals surface area contributed by atoms with Crippen LogP contribution in [0.15, 0.2) is 30.3 Å². The van der Waals surface area contributed by atoms with Crippen LogP contribution in [0.5, 0.6) is 0 Å². The van der Waals surface area contributed by atoms with E-state index in [0.29, 0.717) is 13.1 Å². The summed E-state index contributed by atoms with van der Waals surface area (Å²) >= 11 is 0. The van der Waals surface area contributed by atoms with Crippen LogP contribution in [0.1, 0.15) is 35.4 Å². The monoisotopic (exact) mass is 326 g/mol. The summed E-state index contributed by atoms with van der Waals surface area (Å²) in [7, 11) is 0. The summed E-state index contributed by atoms with van der Waals surface area (Å²) in [6.45, 7) is 6.71. The fraction of sp³-hybridized carbons (Fsp3) is 0.474. The van der Waals surface area contributed by atoms with E-state index < -0.39 is 0 Å². The van der Waals surface area contributed by atoms with Gasteiger partial charge in [0.2, 0.25) is 5.91 Å². The largest absolute Gasteiger partial charge is 0.351 e. The lowest BCUT2D eigenvalue weighted by atomic mass is 10.2. The molecule has 5 nitrogen and oxygen atoms in total. The lowest BCUT2D eigenvalue weighted by Gasteiger charge is -2.08. The Hall–Kier alpha value is -2.14. The highest BCUT2D eigenvalue weighted by atomic mass is 16.1. The minimum absolute atomic E-state index is 0.0465. The van der Waals surface area contributed by atoms with Gasteiger partial charge in [-0.3, -0.25) is 9.48 Å². The van der Waals surface area contributed by atoms with Crippen LogP contribution < -0.4 is 10.6 Å². The predicted molar refractivity (Wildman–Crippen MR) is 94.7 cm³/mol. The van der Waals surface area contributed by atoms with Crippen LogP contribution in [-0.4, -0.2) is 28.8 Å². The van der Waals surface area contributed by atoms with Crippen molar-refractivity contribution in [1.29, 1.82) is 0 Å². The Morgan fingerprint density at radius 1 is 1.25 bits per heavy atom. The van der Waals surface area contributed by atoms with Gasteiger partial charge in [0.1, 0.15) is 0 Å². The number of aryl methyl sites for hydroxylation is 1. The highest BCUT2D eigenvalue weighted by molar-refractivity contribution is 5.78. The number of nitrogens with zero attached hydrogens (tertiary/aromatic N) is 2. The third-order valence-electron chi connectivity index (χ3n) is 4.58. The minimum atomic E-state index is 0.0465. The molecule has 1 saturated carbocycles. The summed E-state index contributed by atoms with van der Waals surface area (Å²) < 4.78 is 2.01. The molecule has 0 spiro atoms. The van der Waals surface area contributed by atoms with E-state index in [4.69, 9.17) is 0 Å². The fourth-order valence-electron chi connectivity index (χ4n) is 2.86. The predicted octanol–water partition coefficient (Wildman–Crippen LogP) is 2.16. The Labute approximate surface area is 143 Å². The SMILES string of the molecule is Cc1nn(Cc2ccccc2)c(C)c1CNC(=O)CNCC1CC1. The molecule has 0 bridgehead atoms. The van der Waals surface area contributed by atoms with Crippen LogP contribution in [0.25, 0.3) is 0 Å². The molecule has 2 N–H and O–H groups in total. The molecule has 128 valence electrons. The van der Waals surface area contributed by atoms with Gasteiger partial charge in [-0.2, -0.15) is 5.10 Å². The summed E-state index contributed by atoms with van der Waals surface area (Å²) in [5.41, 5.74) is 4.43. The number of nitrogens with one attached hydrogen (secondary N) is 2. The first-order chi connectivity index (χ1) is 11.6. The van der Waals surface area contributed by atoms with E-state index in [1.165, 1.54) is 18.4 Å². The number of carbonyl (C=O) groups excluding carboxylic acids is 1. The topological polar surface area (TPSA) is 59.0 Å². The molecule has 1 heterocycles. The van der Waals surface area contributed by atoms with Gasteiger partial charge in [0.05, 0.1) is 18.8 Å². The second-order valence-electron chi connectivity index (χ2n) is 6.64. The Bertz CT molecular complexity index is 689. The van der Waals surface area contributed by atoms with Gasteiger partial charge in [-0.1, -0.05) is 30.3 Å². The highest BCUT2D eigenvalue weighted by Gasteiger charge is 2.20. The second-order valence-corrected chi connectivity index (χ2v) is 6.64. The molecule has 0 saturated heterocycles. The molecule has 1 amide bonds. The molecule has 0 unspecified atom stereocenters. The Morgan fingerprint density at radius 2 is 2.00 bits per heavy atom. The van der Waals surface area contributed by atoms with E-state index in [0.717, 1.165) is 36.0 Å². The van der Waals surface area contributed by atoms with E-state index in [1.807, 2.05) is 29.8 Å². The van der Waals surface area contributed by atoms with Gasteiger partial charge in [0.15, 0.2) is 0 Å². The normalized spacial score (nSPS) is 13.9. The fourth-order valence-corrected chi connectivity index (χ4v) is 2.86. The van der Waals surface area contributed by atoms with Gasteiger partial charge in [0, 0.05) is 17.8 Å². The number of benzene rings is 1. The van der Waals surface area contributed by atoms with Crippen molar-refractivity contribution < 1.29 is 4.79 Å². The van der Waals surface area contributed by atoms with E-state index >= 15 is 0 Å². The smallest absolute Gasteiger partial charge is 0.234 e. The number of aromatic nitrogens is 2. The first-order valence-corrected chi connectivity index (χ1v) is 8.67.